The van der Waals surface area contributed by atoms with Crippen LogP contribution >= 0.6 is 22.9 Å². The summed E-state index contributed by atoms with van der Waals surface area (Å²) in [5.74, 6) is -1.87. The van der Waals surface area contributed by atoms with Gasteiger partial charge in [0.1, 0.15) is 10.7 Å². The molecule has 1 aromatic heterocycles. The number of carbonyl (C=O) groups excluding carboxylic acids is 2. The highest BCUT2D eigenvalue weighted by Gasteiger charge is 2.26. The van der Waals surface area contributed by atoms with Crippen LogP contribution in [0.5, 0.6) is 0 Å². The van der Waals surface area contributed by atoms with E-state index in [0.29, 0.717) is 11.3 Å². The van der Waals surface area contributed by atoms with Gasteiger partial charge in [0.2, 0.25) is 10.0 Å². The molecule has 3 rings (SSSR count). The Kier molecular flexibility index (Phi) is 8.37. The first-order valence-electron chi connectivity index (χ1n) is 10.1. The first-order valence-corrected chi connectivity index (χ1v) is 12.8. The molecule has 0 bridgehead atoms. The lowest BCUT2D eigenvalue weighted by atomic mass is 10.2. The lowest BCUT2D eigenvalue weighted by molar-refractivity contribution is -0.119. The minimum Gasteiger partial charge on any atom is -0.452 e. The van der Waals surface area contributed by atoms with Crippen molar-refractivity contribution < 1.29 is 27.1 Å². The molecular weight excluding hydrogens is 505 g/mol. The molecule has 0 radical (unpaired) electrons. The Balaban J connectivity index is 1.64. The summed E-state index contributed by atoms with van der Waals surface area (Å²) in [5, 5.41) is 4.46. The van der Waals surface area contributed by atoms with E-state index in [0.717, 1.165) is 17.4 Å². The molecule has 1 amide bonds. The normalized spacial score (nSPS) is 11.4. The molecule has 3 aromatic rings. The number of carbonyl (C=O) groups is 2. The zero-order chi connectivity index (χ0) is 24.9. The summed E-state index contributed by atoms with van der Waals surface area (Å²) in [7, 11) is -3.90. The predicted octanol–water partition coefficient (Wildman–Crippen LogP) is 4.43. The Morgan fingerprint density at radius 1 is 1.15 bits per heavy atom. The Hall–Kier alpha value is -2.86. The van der Waals surface area contributed by atoms with Crippen molar-refractivity contribution in [3.63, 3.8) is 0 Å². The average Bonchev–Trinajstić information content (AvgIpc) is 3.27. The second-order valence-electron chi connectivity index (χ2n) is 6.90. The number of hydrogen-bond acceptors (Lipinski definition) is 7. The fourth-order valence-electron chi connectivity index (χ4n) is 2.98. The van der Waals surface area contributed by atoms with Crippen molar-refractivity contribution in [2.45, 2.75) is 18.7 Å². The molecule has 0 saturated carbocycles. The van der Waals surface area contributed by atoms with Crippen molar-refractivity contribution in [1.82, 2.24) is 9.29 Å². The van der Waals surface area contributed by atoms with E-state index in [1.807, 2.05) is 0 Å². The third kappa shape index (κ3) is 5.98. The standard InChI is InChI=1S/C22H21ClFN3O5S2/c1-3-27(4-2)34(30,31)19-11-15(7-10-17(19)23)21(29)32-12-20(28)26-22-25-18(13-33-22)14-5-8-16(24)9-6-14/h5-11,13H,3-4,12H2,1-2H3,(H,25,26,28). The molecule has 12 heteroatoms. The molecular formula is C22H21ClFN3O5S2. The van der Waals surface area contributed by atoms with Crippen LogP contribution in [0, 0.1) is 5.82 Å². The summed E-state index contributed by atoms with van der Waals surface area (Å²) in [6.45, 7) is 3.26. The Morgan fingerprint density at radius 3 is 2.47 bits per heavy atom. The molecule has 0 unspecified atom stereocenters. The molecule has 0 spiro atoms. The molecule has 2 aromatic carbocycles. The monoisotopic (exact) mass is 525 g/mol. The number of esters is 1. The van der Waals surface area contributed by atoms with Gasteiger partial charge in [0, 0.05) is 24.0 Å². The molecule has 0 saturated heterocycles. The molecule has 0 aliphatic carbocycles. The fourth-order valence-corrected chi connectivity index (χ4v) is 5.68. The minimum absolute atomic E-state index is 0.0260. The number of rotatable bonds is 9. The van der Waals surface area contributed by atoms with Crippen LogP contribution in [0.25, 0.3) is 11.3 Å². The van der Waals surface area contributed by atoms with Crippen LogP contribution in [0.2, 0.25) is 5.02 Å². The largest absolute Gasteiger partial charge is 0.452 e. The number of sulfonamides is 1. The van der Waals surface area contributed by atoms with Crippen molar-refractivity contribution in [3.8, 4) is 11.3 Å². The van der Waals surface area contributed by atoms with Gasteiger partial charge in [-0.3, -0.25) is 10.1 Å². The van der Waals surface area contributed by atoms with Gasteiger partial charge in [-0.1, -0.05) is 25.4 Å². The predicted molar refractivity (Wildman–Crippen MR) is 128 cm³/mol. The SMILES string of the molecule is CCN(CC)S(=O)(=O)c1cc(C(=O)OCC(=O)Nc2nc(-c3ccc(F)cc3)cs2)ccc1Cl. The summed E-state index contributed by atoms with van der Waals surface area (Å²) in [6.07, 6.45) is 0. The van der Waals surface area contributed by atoms with Gasteiger partial charge in [-0.25, -0.2) is 22.6 Å². The topological polar surface area (TPSA) is 106 Å². The van der Waals surface area contributed by atoms with Crippen molar-refractivity contribution in [3.05, 3.63) is 64.2 Å². The van der Waals surface area contributed by atoms with Gasteiger partial charge in [-0.15, -0.1) is 11.3 Å². The summed E-state index contributed by atoms with van der Waals surface area (Å²) in [4.78, 5) is 28.7. The van der Waals surface area contributed by atoms with Gasteiger partial charge in [0.25, 0.3) is 5.91 Å². The van der Waals surface area contributed by atoms with E-state index in [1.54, 1.807) is 31.4 Å². The first kappa shape index (κ1) is 25.8. The van der Waals surface area contributed by atoms with E-state index in [9.17, 15) is 22.4 Å². The zero-order valence-corrected chi connectivity index (χ0v) is 20.6. The number of nitrogens with zero attached hydrogens (tertiary/aromatic N) is 2. The van der Waals surface area contributed by atoms with E-state index in [2.05, 4.69) is 10.3 Å². The molecule has 0 atom stereocenters. The number of hydrogen-bond donors (Lipinski definition) is 1. The number of anilines is 1. The van der Waals surface area contributed by atoms with Gasteiger partial charge in [-0.05, 0) is 42.5 Å². The van der Waals surface area contributed by atoms with E-state index >= 15 is 0 Å². The van der Waals surface area contributed by atoms with Crippen molar-refractivity contribution >= 4 is 50.0 Å². The molecule has 1 heterocycles. The van der Waals surface area contributed by atoms with Crippen LogP contribution in [-0.4, -0.2) is 49.3 Å². The van der Waals surface area contributed by atoms with E-state index in [-0.39, 0.29) is 39.5 Å². The van der Waals surface area contributed by atoms with E-state index in [4.69, 9.17) is 16.3 Å². The van der Waals surface area contributed by atoms with Crippen molar-refractivity contribution in [2.24, 2.45) is 0 Å². The number of ether oxygens (including phenoxy) is 1. The molecule has 0 aliphatic heterocycles. The second-order valence-corrected chi connectivity index (χ2v) is 10.1. The Morgan fingerprint density at radius 2 is 1.82 bits per heavy atom. The number of nitrogens with one attached hydrogen (secondary N) is 1. The summed E-state index contributed by atoms with van der Waals surface area (Å²) >= 11 is 7.23. The molecule has 0 fully saturated rings. The smallest absolute Gasteiger partial charge is 0.338 e. The van der Waals surface area contributed by atoms with Crippen molar-refractivity contribution in [2.75, 3.05) is 25.0 Å². The number of aromatic nitrogens is 1. The second kappa shape index (κ2) is 11.0. The average molecular weight is 526 g/mol. The number of amides is 1. The highest BCUT2D eigenvalue weighted by atomic mass is 35.5. The van der Waals surface area contributed by atoms with Gasteiger partial charge in [-0.2, -0.15) is 4.31 Å². The molecule has 34 heavy (non-hydrogen) atoms. The number of thiazole rings is 1. The van der Waals surface area contributed by atoms with Crippen LogP contribution in [-0.2, 0) is 19.6 Å². The van der Waals surface area contributed by atoms with E-state index < -0.39 is 28.5 Å². The molecule has 180 valence electrons. The highest BCUT2D eigenvalue weighted by Crippen LogP contribution is 2.27. The Bertz CT molecular complexity index is 1290. The van der Waals surface area contributed by atoms with Crippen LogP contribution in [0.15, 0.2) is 52.7 Å². The quantitative estimate of drug-likeness (QED) is 0.414. The third-order valence-corrected chi connectivity index (χ3v) is 8.00. The number of halogens is 2. The Labute approximate surface area is 205 Å². The lowest BCUT2D eigenvalue weighted by Gasteiger charge is -2.19. The fraction of sp³-hybridized carbons (Fsp3) is 0.227. The summed E-state index contributed by atoms with van der Waals surface area (Å²) in [6, 6.07) is 9.49. The summed E-state index contributed by atoms with van der Waals surface area (Å²) < 4.78 is 44.9. The van der Waals surface area contributed by atoms with Gasteiger partial charge < -0.3 is 4.74 Å². The van der Waals surface area contributed by atoms with Crippen LogP contribution in [0.4, 0.5) is 9.52 Å². The van der Waals surface area contributed by atoms with Gasteiger partial charge in [0.05, 0.1) is 16.3 Å². The van der Waals surface area contributed by atoms with E-state index in [1.165, 1.54) is 28.6 Å². The van der Waals surface area contributed by atoms with Gasteiger partial charge >= 0.3 is 5.97 Å². The number of benzene rings is 2. The summed E-state index contributed by atoms with van der Waals surface area (Å²) in [5.41, 5.74) is 1.18. The van der Waals surface area contributed by atoms with Crippen LogP contribution in [0.1, 0.15) is 24.2 Å². The molecule has 0 aliphatic rings. The maximum Gasteiger partial charge on any atom is 0.338 e. The first-order chi connectivity index (χ1) is 16.1. The minimum atomic E-state index is -3.90. The maximum absolute atomic E-state index is 13.1. The zero-order valence-electron chi connectivity index (χ0n) is 18.2. The maximum atomic E-state index is 13.1. The lowest BCUT2D eigenvalue weighted by Crippen LogP contribution is -2.31. The van der Waals surface area contributed by atoms with Crippen molar-refractivity contribution in [1.29, 1.82) is 0 Å². The van der Waals surface area contributed by atoms with Gasteiger partial charge in [0.15, 0.2) is 11.7 Å². The van der Waals surface area contributed by atoms with Crippen LogP contribution < -0.4 is 5.32 Å². The molecule has 8 nitrogen and oxygen atoms in total. The molecule has 1 N–H and O–H groups in total. The van der Waals surface area contributed by atoms with Crippen LogP contribution in [0.3, 0.4) is 0 Å². The highest BCUT2D eigenvalue weighted by molar-refractivity contribution is 7.89. The third-order valence-electron chi connectivity index (χ3n) is 4.72.